The van der Waals surface area contributed by atoms with Gasteiger partial charge in [0, 0.05) is 83.6 Å². The quantitative estimate of drug-likeness (QED) is 0.122. The van der Waals surface area contributed by atoms with Gasteiger partial charge < -0.3 is 0 Å². The molecule has 0 radical (unpaired) electrons. The summed E-state index contributed by atoms with van der Waals surface area (Å²) in [7, 11) is 0. The van der Waals surface area contributed by atoms with E-state index in [9.17, 15) is 19.2 Å². The van der Waals surface area contributed by atoms with Crippen LogP contribution in [0.3, 0.4) is 0 Å². The van der Waals surface area contributed by atoms with Crippen LogP contribution in [0.15, 0.2) is 92.4 Å². The van der Waals surface area contributed by atoms with E-state index >= 15 is 0 Å². The van der Waals surface area contributed by atoms with Crippen molar-refractivity contribution in [1.29, 1.82) is 0 Å². The minimum Gasteiger partial charge on any atom is -0.288 e. The molecule has 0 bridgehead atoms. The lowest BCUT2D eigenvalue weighted by molar-refractivity contribution is 0.0975. The summed E-state index contributed by atoms with van der Waals surface area (Å²) in [6.45, 7) is 0. The molecule has 9 rings (SSSR count). The van der Waals surface area contributed by atoms with Crippen molar-refractivity contribution in [3.63, 3.8) is 0 Å². The zero-order valence-corrected chi connectivity index (χ0v) is 33.1. The molecular weight excluding hydrogens is 761 g/mol. The monoisotopic (exact) mass is 786 g/mol. The average molecular weight is 787 g/mol. The Bertz CT molecular complexity index is 2380. The van der Waals surface area contributed by atoms with E-state index < -0.39 is 0 Å². The topological polar surface area (TPSA) is 68.3 Å². The highest BCUT2D eigenvalue weighted by Gasteiger charge is 2.38. The molecule has 4 aliphatic rings. The van der Waals surface area contributed by atoms with Crippen LogP contribution in [-0.2, 0) is 0 Å². The number of ketones is 4. The van der Waals surface area contributed by atoms with Crippen molar-refractivity contribution in [1.82, 2.24) is 0 Å². The van der Waals surface area contributed by atoms with Gasteiger partial charge in [0.15, 0.2) is 23.1 Å². The maximum absolute atomic E-state index is 13.3. The van der Waals surface area contributed by atoms with Gasteiger partial charge in [-0.05, 0) is 72.6 Å². The minimum absolute atomic E-state index is 0.214. The molecule has 0 saturated carbocycles. The predicted octanol–water partition coefficient (Wildman–Crippen LogP) is 11.6. The van der Waals surface area contributed by atoms with Gasteiger partial charge in [0.2, 0.25) is 0 Å². The van der Waals surface area contributed by atoms with Gasteiger partial charge in [-0.2, -0.15) is 0 Å². The number of allylic oxidation sites excluding steroid dienone is 2. The highest BCUT2D eigenvalue weighted by atomic mass is 32.2. The number of benzene rings is 3. The summed E-state index contributed by atoms with van der Waals surface area (Å²) in [6, 6.07) is 23.0. The van der Waals surface area contributed by atoms with Gasteiger partial charge in [-0.3, -0.25) is 19.2 Å². The first kappa shape index (κ1) is 33.9. The lowest BCUT2D eigenvalue weighted by Gasteiger charge is -2.13. The number of hydrogen-bond acceptors (Lipinski definition) is 10. The molecule has 4 nitrogen and oxygen atoms in total. The molecule has 0 atom stereocenters. The molecule has 0 spiro atoms. The Hall–Kier alpha value is -3.90. The van der Waals surface area contributed by atoms with Crippen LogP contribution in [0.4, 0.5) is 0 Å². The van der Waals surface area contributed by atoms with Crippen LogP contribution < -0.4 is 0 Å². The van der Waals surface area contributed by atoms with Crippen LogP contribution in [0, 0.1) is 0 Å². The summed E-state index contributed by atoms with van der Waals surface area (Å²) in [6.07, 6.45) is 11.9. The second-order valence-electron chi connectivity index (χ2n) is 12.4. The van der Waals surface area contributed by atoms with Gasteiger partial charge in [-0.1, -0.05) is 48.5 Å². The zero-order valence-electron chi connectivity index (χ0n) is 28.2. The smallest absolute Gasteiger partial charge is 0.197 e. The summed E-state index contributed by atoms with van der Waals surface area (Å²) in [5, 5.41) is 0. The number of carbonyl (C=O) groups is 4. The van der Waals surface area contributed by atoms with Gasteiger partial charge in [0.05, 0.1) is 11.1 Å². The maximum Gasteiger partial charge on any atom is 0.197 e. The number of carbonyl (C=O) groups excluding carboxylic acids is 4. The Morgan fingerprint density at radius 1 is 0.442 bits per heavy atom. The zero-order chi connectivity index (χ0) is 36.0. The van der Waals surface area contributed by atoms with E-state index in [1.807, 2.05) is 0 Å². The molecule has 3 aromatic carbocycles. The highest BCUT2D eigenvalue weighted by molar-refractivity contribution is 8.22. The van der Waals surface area contributed by atoms with E-state index in [0.29, 0.717) is 22.3 Å². The largest absolute Gasteiger partial charge is 0.288 e. The number of rotatable bonds is 6. The van der Waals surface area contributed by atoms with Crippen molar-refractivity contribution >= 4 is 116 Å². The lowest BCUT2D eigenvalue weighted by atomic mass is 9.98. The van der Waals surface area contributed by atoms with E-state index in [0.717, 1.165) is 64.0 Å². The van der Waals surface area contributed by atoms with Gasteiger partial charge in [-0.15, -0.1) is 69.7 Å². The molecule has 254 valence electrons. The Labute approximate surface area is 325 Å². The number of hydrogen-bond donors (Lipinski definition) is 0. The molecule has 5 aromatic rings. The van der Waals surface area contributed by atoms with E-state index in [1.54, 1.807) is 130 Å². The van der Waals surface area contributed by atoms with Crippen molar-refractivity contribution in [2.24, 2.45) is 0 Å². The van der Waals surface area contributed by atoms with Crippen LogP contribution in [0.5, 0.6) is 0 Å². The van der Waals surface area contributed by atoms with E-state index in [1.165, 1.54) is 8.47 Å². The lowest BCUT2D eigenvalue weighted by Crippen LogP contribution is -1.99. The fraction of sp³-hybridized carbons (Fsp3) is 0.0952. The van der Waals surface area contributed by atoms with Crippen LogP contribution in [0.25, 0.3) is 44.2 Å². The molecule has 2 aromatic heterocycles. The summed E-state index contributed by atoms with van der Waals surface area (Å²) in [4.78, 5) is 57.1. The van der Waals surface area contributed by atoms with Crippen LogP contribution >= 0.6 is 69.7 Å². The van der Waals surface area contributed by atoms with Gasteiger partial charge >= 0.3 is 0 Å². The summed E-state index contributed by atoms with van der Waals surface area (Å²) >= 11 is 10.1. The first-order valence-electron chi connectivity index (χ1n) is 16.2. The molecule has 0 saturated heterocycles. The third kappa shape index (κ3) is 4.92. The fourth-order valence-electron chi connectivity index (χ4n) is 7.52. The molecule has 4 aliphatic carbocycles. The van der Waals surface area contributed by atoms with E-state index in [2.05, 4.69) is 49.3 Å². The van der Waals surface area contributed by atoms with Crippen LogP contribution in [0.1, 0.15) is 73.4 Å². The minimum atomic E-state index is -0.221. The van der Waals surface area contributed by atoms with Crippen molar-refractivity contribution in [2.45, 2.75) is 0 Å². The second-order valence-corrected chi connectivity index (χ2v) is 18.3. The maximum atomic E-state index is 13.3. The highest BCUT2D eigenvalue weighted by Crippen LogP contribution is 2.59. The number of thioether (sulfide) groups is 4. The second kappa shape index (κ2) is 12.9. The Kier molecular flexibility index (Phi) is 8.41. The number of fused-ring (bicyclic) bond motifs is 8. The normalized spacial score (nSPS) is 14.8. The van der Waals surface area contributed by atoms with Crippen LogP contribution in [-0.4, -0.2) is 48.2 Å². The Morgan fingerprint density at radius 2 is 0.769 bits per heavy atom. The predicted molar refractivity (Wildman–Crippen MR) is 225 cm³/mol. The van der Waals surface area contributed by atoms with Crippen molar-refractivity contribution < 1.29 is 19.2 Å². The Balaban J connectivity index is 1.20. The molecule has 0 N–H and O–H groups in total. The van der Waals surface area contributed by atoms with Gasteiger partial charge in [0.1, 0.15) is 0 Å². The molecular formula is C42H26O4S6. The molecule has 2 heterocycles. The molecule has 0 unspecified atom stereocenters. The van der Waals surface area contributed by atoms with Gasteiger partial charge in [0.25, 0.3) is 0 Å². The van der Waals surface area contributed by atoms with E-state index in [4.69, 9.17) is 0 Å². The summed E-state index contributed by atoms with van der Waals surface area (Å²) in [5.41, 5.74) is 11.4. The van der Waals surface area contributed by atoms with Gasteiger partial charge in [-0.25, -0.2) is 0 Å². The number of Topliss-reactive ketones (excluding diaryl/α,β-unsaturated/α-hetero) is 4. The van der Waals surface area contributed by atoms with Crippen molar-refractivity contribution in [3.05, 3.63) is 147 Å². The molecule has 0 amide bonds. The third-order valence-electron chi connectivity index (χ3n) is 9.76. The third-order valence-corrected chi connectivity index (χ3v) is 16.3. The van der Waals surface area contributed by atoms with Crippen molar-refractivity contribution in [3.8, 4) is 20.9 Å². The number of thiophene rings is 2. The summed E-state index contributed by atoms with van der Waals surface area (Å²) in [5.74, 6) is -0.886. The molecule has 52 heavy (non-hydrogen) atoms. The van der Waals surface area contributed by atoms with Crippen molar-refractivity contribution in [2.75, 3.05) is 25.0 Å². The standard InChI is InChI=1S/C42H26O4S6/c1-47-41(48-2)33-25-17-28-26(18-27(25)39-29(33)13-19(51-39)15-31-35(43)21-9-5-6-10-22(21)36(31)44)34(42(49-3)50-4)30-14-20(52-40(28)30)16-32-37(45)23-11-7-8-12-24(23)38(32)46/h5-18H,1-4H3. The first-order chi connectivity index (χ1) is 25.3. The van der Waals surface area contributed by atoms with Crippen LogP contribution in [0.2, 0.25) is 0 Å². The molecule has 0 fully saturated rings. The fourth-order valence-corrected chi connectivity index (χ4v) is 12.8. The average Bonchev–Trinajstić information content (AvgIpc) is 3.98. The first-order valence-corrected chi connectivity index (χ1v) is 22.7. The van der Waals surface area contributed by atoms with E-state index in [-0.39, 0.29) is 34.3 Å². The molecule has 10 heteroatoms. The SMILES string of the molecule is CSC(SC)=C1c2cc3c(cc2-c2sc(C=C4C(=O)c5ccccc5C4=O)cc21)C(=C(SC)SC)c1cc(C=C2C(=O)c4ccccc4C2=O)sc1-3. The Morgan fingerprint density at radius 3 is 1.08 bits per heavy atom. The molecule has 0 aliphatic heterocycles. The summed E-state index contributed by atoms with van der Waals surface area (Å²) < 4.78 is 2.38.